The van der Waals surface area contributed by atoms with Gasteiger partial charge in [0.25, 0.3) is 0 Å². The molecule has 0 saturated heterocycles. The first-order chi connectivity index (χ1) is 24.0. The minimum absolute atomic E-state index is 0.0296. The number of likely N-dealkylation sites (N-methyl/N-ethyl adjacent to an activating group) is 1. The van der Waals surface area contributed by atoms with Gasteiger partial charge < -0.3 is 18.9 Å². The fraction of sp³-hybridized carbons (Fsp3) is 0.850. The van der Waals surface area contributed by atoms with E-state index in [2.05, 4.69) is 38.2 Å². The van der Waals surface area contributed by atoms with Gasteiger partial charge in [-0.3, -0.25) is 18.6 Å². The van der Waals surface area contributed by atoms with Crippen LogP contribution in [0.15, 0.2) is 24.3 Å². The van der Waals surface area contributed by atoms with Crippen LogP contribution in [-0.4, -0.2) is 74.9 Å². The van der Waals surface area contributed by atoms with Gasteiger partial charge >= 0.3 is 19.8 Å². The second-order valence-corrected chi connectivity index (χ2v) is 16.1. The van der Waals surface area contributed by atoms with Crippen molar-refractivity contribution in [2.24, 2.45) is 0 Å². The van der Waals surface area contributed by atoms with E-state index in [4.69, 9.17) is 18.5 Å². The van der Waals surface area contributed by atoms with Crippen molar-refractivity contribution >= 4 is 19.8 Å². The number of rotatable bonds is 36. The van der Waals surface area contributed by atoms with Gasteiger partial charge in [-0.1, -0.05) is 115 Å². The maximum Gasteiger partial charge on any atom is 0.472 e. The summed E-state index contributed by atoms with van der Waals surface area (Å²) in [6.07, 6.45) is 33.6. The molecule has 294 valence electrons. The van der Waals surface area contributed by atoms with E-state index in [1.807, 2.05) is 21.1 Å². The molecule has 0 bridgehead atoms. The van der Waals surface area contributed by atoms with Crippen LogP contribution in [0.5, 0.6) is 0 Å². The molecule has 0 aromatic heterocycles. The normalized spacial score (nSPS) is 14.0. The average molecular weight is 731 g/mol. The van der Waals surface area contributed by atoms with Gasteiger partial charge in [0.2, 0.25) is 0 Å². The van der Waals surface area contributed by atoms with Gasteiger partial charge in [-0.25, -0.2) is 4.57 Å². The number of esters is 2. The maximum atomic E-state index is 12.6. The van der Waals surface area contributed by atoms with Crippen molar-refractivity contribution in [1.29, 1.82) is 0 Å². The zero-order chi connectivity index (χ0) is 37.2. The van der Waals surface area contributed by atoms with E-state index >= 15 is 0 Å². The van der Waals surface area contributed by atoms with E-state index in [1.54, 1.807) is 0 Å². The van der Waals surface area contributed by atoms with E-state index in [9.17, 15) is 19.0 Å². The van der Waals surface area contributed by atoms with Crippen LogP contribution in [0, 0.1) is 0 Å². The number of nitrogens with zero attached hydrogens (tertiary/aromatic N) is 1. The fourth-order valence-corrected chi connectivity index (χ4v) is 5.98. The molecule has 1 N–H and O–H groups in total. The highest BCUT2D eigenvalue weighted by atomic mass is 31.2. The lowest BCUT2D eigenvalue weighted by atomic mass is 10.1. The van der Waals surface area contributed by atoms with Gasteiger partial charge in [-0.15, -0.1) is 0 Å². The molecule has 0 aromatic carbocycles. The molecule has 2 atom stereocenters. The zero-order valence-corrected chi connectivity index (χ0v) is 33.8. The molecule has 0 aliphatic heterocycles. The molecule has 0 rings (SSSR count). The lowest BCUT2D eigenvalue weighted by Gasteiger charge is -2.24. The summed E-state index contributed by atoms with van der Waals surface area (Å²) in [4.78, 5) is 35.2. The summed E-state index contributed by atoms with van der Waals surface area (Å²) in [5.74, 6) is -0.819. The van der Waals surface area contributed by atoms with Crippen molar-refractivity contribution in [2.45, 2.75) is 174 Å². The lowest BCUT2D eigenvalue weighted by molar-refractivity contribution is -0.870. The summed E-state index contributed by atoms with van der Waals surface area (Å²) in [6.45, 7) is 4.36. The first-order valence-corrected chi connectivity index (χ1v) is 21.6. The van der Waals surface area contributed by atoms with Crippen LogP contribution in [-0.2, 0) is 32.7 Å². The Hall–Kier alpha value is -1.51. The summed E-state index contributed by atoms with van der Waals surface area (Å²) in [5, 5.41) is 0. The summed E-state index contributed by atoms with van der Waals surface area (Å²) in [5.41, 5.74) is 0. The highest BCUT2D eigenvalue weighted by Gasteiger charge is 2.27. The number of carbonyl (C=O) groups excluding carboxylic acids is 2. The molecular formula is C40H77NO8P+. The van der Waals surface area contributed by atoms with Gasteiger partial charge in [0, 0.05) is 12.8 Å². The Morgan fingerprint density at radius 2 is 1.02 bits per heavy atom. The number of quaternary nitrogens is 1. The van der Waals surface area contributed by atoms with Gasteiger partial charge in [0.05, 0.1) is 27.7 Å². The molecule has 0 radical (unpaired) electrons. The topological polar surface area (TPSA) is 108 Å². The Kier molecular flexibility index (Phi) is 32.3. The predicted octanol–water partition coefficient (Wildman–Crippen LogP) is 10.8. The molecule has 0 spiro atoms. The van der Waals surface area contributed by atoms with Crippen molar-refractivity contribution in [3.05, 3.63) is 24.3 Å². The number of allylic oxidation sites excluding steroid dienone is 4. The first kappa shape index (κ1) is 48.5. The van der Waals surface area contributed by atoms with Crippen LogP contribution in [0.1, 0.15) is 168 Å². The zero-order valence-electron chi connectivity index (χ0n) is 32.9. The van der Waals surface area contributed by atoms with Crippen molar-refractivity contribution < 1.29 is 42.1 Å². The molecule has 0 saturated carbocycles. The third kappa shape index (κ3) is 36.3. The minimum atomic E-state index is -4.37. The van der Waals surface area contributed by atoms with Crippen LogP contribution < -0.4 is 0 Å². The SMILES string of the molecule is CCCCCCC=CCCCCCCCC(=O)OC[C@H](COP(=O)(O)OCC[N+](C)(C)C)OC(=O)CCCCCCCC=CCCCCCC. The summed E-state index contributed by atoms with van der Waals surface area (Å²) < 4.78 is 34.2. The van der Waals surface area contributed by atoms with E-state index in [0.29, 0.717) is 17.4 Å². The maximum absolute atomic E-state index is 12.6. The van der Waals surface area contributed by atoms with Gasteiger partial charge in [0.15, 0.2) is 6.10 Å². The average Bonchev–Trinajstić information content (AvgIpc) is 3.06. The Morgan fingerprint density at radius 1 is 0.600 bits per heavy atom. The van der Waals surface area contributed by atoms with Crippen LogP contribution in [0.4, 0.5) is 0 Å². The lowest BCUT2D eigenvalue weighted by Crippen LogP contribution is -2.37. The van der Waals surface area contributed by atoms with Crippen LogP contribution in [0.2, 0.25) is 0 Å². The number of hydrogen-bond donors (Lipinski definition) is 1. The van der Waals surface area contributed by atoms with Crippen molar-refractivity contribution in [2.75, 3.05) is 47.5 Å². The van der Waals surface area contributed by atoms with Crippen LogP contribution in [0.25, 0.3) is 0 Å². The molecule has 0 fully saturated rings. The predicted molar refractivity (Wildman–Crippen MR) is 206 cm³/mol. The van der Waals surface area contributed by atoms with E-state index < -0.39 is 26.5 Å². The number of phosphoric acid groups is 1. The molecule has 1 unspecified atom stereocenters. The molecular weight excluding hydrogens is 653 g/mol. The molecule has 50 heavy (non-hydrogen) atoms. The Balaban J connectivity index is 4.44. The number of hydrogen-bond acceptors (Lipinski definition) is 7. The van der Waals surface area contributed by atoms with Crippen molar-refractivity contribution in [3.8, 4) is 0 Å². The molecule has 0 aromatic rings. The highest BCUT2D eigenvalue weighted by molar-refractivity contribution is 7.47. The Labute approximate surface area is 307 Å². The number of ether oxygens (including phenoxy) is 2. The van der Waals surface area contributed by atoms with E-state index in [1.165, 1.54) is 64.2 Å². The molecule has 10 heteroatoms. The standard InChI is InChI=1S/C40H76NO8P/c1-6-8-10-12-14-16-18-20-22-24-26-28-30-32-39(42)46-36-38(37-48-50(44,45)47-35-34-41(3,4)5)49-40(43)33-31-29-27-25-23-21-19-17-15-13-11-9-7-2/h16-19,38H,6-15,20-37H2,1-5H3/p+1/t38-/m1/s1. The summed E-state index contributed by atoms with van der Waals surface area (Å²) >= 11 is 0. The first-order valence-electron chi connectivity index (χ1n) is 20.1. The van der Waals surface area contributed by atoms with Gasteiger partial charge in [0.1, 0.15) is 19.8 Å². The number of unbranched alkanes of at least 4 members (excludes halogenated alkanes) is 18. The third-order valence-electron chi connectivity index (χ3n) is 8.45. The summed E-state index contributed by atoms with van der Waals surface area (Å²) in [6, 6.07) is 0. The summed E-state index contributed by atoms with van der Waals surface area (Å²) in [7, 11) is 1.47. The van der Waals surface area contributed by atoms with Gasteiger partial charge in [-0.2, -0.15) is 0 Å². The monoisotopic (exact) mass is 731 g/mol. The number of phosphoric ester groups is 1. The Bertz CT molecular complexity index is 918. The van der Waals surface area contributed by atoms with Crippen molar-refractivity contribution in [3.63, 3.8) is 0 Å². The van der Waals surface area contributed by atoms with E-state index in [-0.39, 0.29) is 32.0 Å². The molecule has 0 heterocycles. The molecule has 9 nitrogen and oxygen atoms in total. The number of carbonyl (C=O) groups is 2. The largest absolute Gasteiger partial charge is 0.472 e. The van der Waals surface area contributed by atoms with Crippen LogP contribution >= 0.6 is 7.82 Å². The molecule has 0 aliphatic rings. The third-order valence-corrected chi connectivity index (χ3v) is 9.44. The Morgan fingerprint density at radius 3 is 1.48 bits per heavy atom. The smallest absolute Gasteiger partial charge is 0.462 e. The fourth-order valence-electron chi connectivity index (χ4n) is 5.24. The second kappa shape index (κ2) is 33.3. The molecule has 0 aliphatic carbocycles. The second-order valence-electron chi connectivity index (χ2n) is 14.7. The highest BCUT2D eigenvalue weighted by Crippen LogP contribution is 2.43. The minimum Gasteiger partial charge on any atom is -0.462 e. The van der Waals surface area contributed by atoms with Gasteiger partial charge in [-0.05, 0) is 64.2 Å². The molecule has 0 amide bonds. The van der Waals surface area contributed by atoms with E-state index in [0.717, 1.165) is 70.6 Å². The quantitative estimate of drug-likeness (QED) is 0.0223. The van der Waals surface area contributed by atoms with Crippen LogP contribution in [0.3, 0.4) is 0 Å². The van der Waals surface area contributed by atoms with Crippen molar-refractivity contribution in [1.82, 2.24) is 0 Å².